The molecule has 29 nitrogen and oxygen atoms in total. The number of carboxylic acids is 6. The van der Waals surface area contributed by atoms with Crippen molar-refractivity contribution in [2.45, 2.75) is 25.9 Å². The first-order chi connectivity index (χ1) is 33.5. The Morgan fingerprint density at radius 2 is 0.592 bits per heavy atom. The third kappa shape index (κ3) is 26.7. The van der Waals surface area contributed by atoms with Crippen LogP contribution in [0.1, 0.15) is 13.8 Å². The Morgan fingerprint density at radius 3 is 0.789 bits per heavy atom. The molecule has 2 rings (SSSR count). The van der Waals surface area contributed by atoms with Gasteiger partial charge in [-0.05, 0) is 13.8 Å². The molecule has 2 aliphatic rings. The van der Waals surface area contributed by atoms with Crippen LogP contribution in [0.2, 0.25) is 0 Å². The second-order valence-corrected chi connectivity index (χ2v) is 17.4. The van der Waals surface area contributed by atoms with Crippen molar-refractivity contribution in [3.05, 3.63) is 0 Å². The molecule has 2 aliphatic heterocycles. The first-order valence-corrected chi connectivity index (χ1v) is 23.2. The van der Waals surface area contributed by atoms with E-state index in [0.717, 1.165) is 0 Å². The van der Waals surface area contributed by atoms with Gasteiger partial charge >= 0.3 is 35.8 Å². The van der Waals surface area contributed by atoms with Crippen molar-refractivity contribution >= 4 is 65.7 Å². The van der Waals surface area contributed by atoms with E-state index in [0.29, 0.717) is 6.29 Å². The number of rotatable bonds is 25. The fraction of sp³-hybridized carbons (Fsp3) is 0.738. The van der Waals surface area contributed by atoms with Gasteiger partial charge in [-0.25, -0.2) is 0 Å². The van der Waals surface area contributed by atoms with E-state index < -0.39 is 90.5 Å². The Labute approximate surface area is 411 Å². The van der Waals surface area contributed by atoms with Crippen LogP contribution in [0.3, 0.4) is 0 Å². The first-order valence-electron chi connectivity index (χ1n) is 23.2. The van der Waals surface area contributed by atoms with Crippen molar-refractivity contribution in [3.63, 3.8) is 0 Å². The van der Waals surface area contributed by atoms with E-state index in [1.165, 1.54) is 0 Å². The summed E-state index contributed by atoms with van der Waals surface area (Å²) in [4.78, 5) is 146. The van der Waals surface area contributed by atoms with Gasteiger partial charge in [-0.2, -0.15) is 0 Å². The molecule has 0 aliphatic carbocycles. The second-order valence-electron chi connectivity index (χ2n) is 17.4. The number of hydrogen-bond donors (Lipinski definition) is 10. The van der Waals surface area contributed by atoms with Crippen LogP contribution in [0, 0.1) is 5.92 Å². The number of hydrogen-bond acceptors (Lipinski definition) is 19. The molecule has 29 heteroatoms. The first kappa shape index (κ1) is 61.2. The Hall–Kier alpha value is -5.95. The summed E-state index contributed by atoms with van der Waals surface area (Å²) in [6, 6.07) is -1.73. The van der Waals surface area contributed by atoms with Crippen molar-refractivity contribution in [3.8, 4) is 0 Å². The average Bonchev–Trinajstić information content (AvgIpc) is 3.28. The van der Waals surface area contributed by atoms with E-state index >= 15 is 0 Å². The van der Waals surface area contributed by atoms with Crippen molar-refractivity contribution in [2.24, 2.45) is 5.92 Å². The number of nitrogens with zero attached hydrogens (tertiary/aromatic N) is 8. The number of amides is 4. The lowest BCUT2D eigenvalue weighted by molar-refractivity contribution is -0.141. The molecule has 0 spiro atoms. The van der Waals surface area contributed by atoms with Crippen LogP contribution in [-0.2, 0) is 52.7 Å². The molecule has 71 heavy (non-hydrogen) atoms. The lowest BCUT2D eigenvalue weighted by atomic mass is 10.1. The molecule has 0 aromatic rings. The summed E-state index contributed by atoms with van der Waals surface area (Å²) >= 11 is 0. The summed E-state index contributed by atoms with van der Waals surface area (Å²) in [5, 5.41) is 66.8. The lowest BCUT2D eigenvalue weighted by Crippen LogP contribution is -2.53. The van der Waals surface area contributed by atoms with E-state index in [1.807, 2.05) is 0 Å². The third-order valence-electron chi connectivity index (χ3n) is 11.9. The molecule has 2 unspecified atom stereocenters. The molecule has 2 heterocycles. The predicted molar refractivity (Wildman–Crippen MR) is 248 cm³/mol. The molecule has 2 atom stereocenters. The summed E-state index contributed by atoms with van der Waals surface area (Å²) < 4.78 is 0. The van der Waals surface area contributed by atoms with Crippen molar-refractivity contribution in [1.82, 2.24) is 60.5 Å². The fourth-order valence-corrected chi connectivity index (χ4v) is 7.72. The van der Waals surface area contributed by atoms with Gasteiger partial charge in [0.1, 0.15) is 6.29 Å². The molecule has 2 saturated heterocycles. The van der Waals surface area contributed by atoms with Crippen LogP contribution in [0.15, 0.2) is 0 Å². The van der Waals surface area contributed by atoms with Crippen LogP contribution in [0.5, 0.6) is 0 Å². The fourth-order valence-electron chi connectivity index (χ4n) is 7.72. The highest BCUT2D eigenvalue weighted by Gasteiger charge is 2.28. The smallest absolute Gasteiger partial charge is 0.317 e. The van der Waals surface area contributed by atoms with Gasteiger partial charge in [0.2, 0.25) is 23.6 Å². The Morgan fingerprint density at radius 1 is 0.380 bits per heavy atom. The molecule has 4 amide bonds. The number of aldehydes is 1. The average molecular weight is 1020 g/mol. The zero-order valence-corrected chi connectivity index (χ0v) is 40.4. The normalized spacial score (nSPS) is 19.1. The van der Waals surface area contributed by atoms with Crippen molar-refractivity contribution in [1.29, 1.82) is 0 Å². The van der Waals surface area contributed by atoms with Gasteiger partial charge in [-0.1, -0.05) is 0 Å². The number of carbonyl (C=O) groups is 11. The van der Waals surface area contributed by atoms with Gasteiger partial charge in [0, 0.05) is 124 Å². The molecular formula is C42H72N12O17. The van der Waals surface area contributed by atoms with Gasteiger partial charge in [-0.15, -0.1) is 0 Å². The largest absolute Gasteiger partial charge is 0.480 e. The predicted octanol–water partition coefficient (Wildman–Crippen LogP) is -7.01. The summed E-state index contributed by atoms with van der Waals surface area (Å²) in [5.74, 6) is -9.97. The molecule has 0 aromatic carbocycles. The van der Waals surface area contributed by atoms with Crippen LogP contribution < -0.4 is 21.3 Å². The Bertz CT molecular complexity index is 1630. The Kier molecular flexibility index (Phi) is 28.3. The minimum atomic E-state index is -1.11. The van der Waals surface area contributed by atoms with Crippen molar-refractivity contribution < 1.29 is 83.4 Å². The molecule has 10 N–H and O–H groups in total. The molecule has 0 radical (unpaired) electrons. The van der Waals surface area contributed by atoms with Gasteiger partial charge in [0.15, 0.2) is 0 Å². The van der Waals surface area contributed by atoms with Crippen LogP contribution in [0.4, 0.5) is 0 Å². The second kappa shape index (κ2) is 32.8. The van der Waals surface area contributed by atoms with Gasteiger partial charge < -0.3 is 56.7 Å². The zero-order valence-electron chi connectivity index (χ0n) is 40.4. The molecule has 2 fully saturated rings. The number of carboxylic acid groups (broad SMARTS) is 6. The van der Waals surface area contributed by atoms with Gasteiger partial charge in [0.05, 0.1) is 64.4 Å². The quantitative estimate of drug-likeness (QED) is 0.0380. The maximum atomic E-state index is 13.3. The number of carbonyl (C=O) groups excluding carboxylic acids is 5. The summed E-state index contributed by atoms with van der Waals surface area (Å²) in [6.07, 6.45) is 0.506. The van der Waals surface area contributed by atoms with Crippen LogP contribution >= 0.6 is 0 Å². The topological polar surface area (TPSA) is 383 Å². The highest BCUT2D eigenvalue weighted by molar-refractivity contribution is 5.88. The molecule has 402 valence electrons. The van der Waals surface area contributed by atoms with Crippen LogP contribution in [0.25, 0.3) is 0 Å². The summed E-state index contributed by atoms with van der Waals surface area (Å²) in [5.41, 5.74) is 0. The van der Waals surface area contributed by atoms with Crippen molar-refractivity contribution in [2.75, 3.05) is 170 Å². The molecule has 0 saturated carbocycles. The third-order valence-corrected chi connectivity index (χ3v) is 11.9. The van der Waals surface area contributed by atoms with Crippen LogP contribution in [-0.4, -0.2) is 318 Å². The number of aliphatic carboxylic acids is 6. The summed E-state index contributed by atoms with van der Waals surface area (Å²) in [7, 11) is 0. The summed E-state index contributed by atoms with van der Waals surface area (Å²) in [6.45, 7) is 2.59. The highest BCUT2D eigenvalue weighted by atomic mass is 16.4. The zero-order chi connectivity index (χ0) is 53.0. The molecule has 0 aromatic heterocycles. The number of nitrogens with one attached hydrogen (secondary N) is 4. The van der Waals surface area contributed by atoms with E-state index in [1.54, 1.807) is 53.0 Å². The lowest BCUT2D eigenvalue weighted by Gasteiger charge is -2.35. The molecule has 0 bridgehead atoms. The minimum Gasteiger partial charge on any atom is -0.480 e. The SMILES string of the molecule is CC(C(=O)NCC(=O)NCC(C=O)CNC(=O)CNC(=O)C(C)N1CCN(CC(=O)O)CCN(CC(=O)O)CCN(CC(=O)O)CC1)N1CCN(CC(=O)O)CCN(CC(=O)O)CCN(CC(=O)O)CC1. The van der Waals surface area contributed by atoms with E-state index in [9.17, 15) is 83.4 Å². The Balaban J connectivity index is 1.95. The standard InChI is InChI=1S/C42H72N12O17/c1-30(53-15-11-49(25-37(62)63)7-3-47(23-35(58)59)4-8-50(12-16-53)26-38(64)65)41(70)45-21-33(56)43-19-32(29-55)20-44-34(57)22-46-42(71)31(2)54-17-13-51(27-39(66)67)9-5-48(24-36(60)61)6-10-52(14-18-54)28-40(68)69/h29-32H,3-28H2,1-2H3,(H,43,56)(H,44,57)(H,45,70)(H,46,71)(H,58,59)(H,60,61)(H,62,63)(H,64,65)(H,66,67)(H,68,69). The highest BCUT2D eigenvalue weighted by Crippen LogP contribution is 2.08. The maximum absolute atomic E-state index is 13.3. The van der Waals surface area contributed by atoms with E-state index in [4.69, 9.17) is 0 Å². The maximum Gasteiger partial charge on any atom is 0.317 e. The van der Waals surface area contributed by atoms with E-state index in [2.05, 4.69) is 21.3 Å². The van der Waals surface area contributed by atoms with E-state index in [-0.39, 0.29) is 157 Å². The monoisotopic (exact) mass is 1020 g/mol. The van der Waals surface area contributed by atoms with Gasteiger partial charge in [0.25, 0.3) is 0 Å². The minimum absolute atomic E-state index is 0.172. The van der Waals surface area contributed by atoms with Gasteiger partial charge in [-0.3, -0.25) is 87.1 Å². The molecular weight excluding hydrogens is 945 g/mol.